The van der Waals surface area contributed by atoms with Crippen molar-refractivity contribution in [2.24, 2.45) is 0 Å². The number of carbonyl (C=O) groups is 2. The molecule has 0 unspecified atom stereocenters. The normalized spacial score (nSPS) is 11.0. The van der Waals surface area contributed by atoms with E-state index < -0.39 is 17.6 Å². The molecular weight excluding hydrogens is 273 g/mol. The van der Waals surface area contributed by atoms with Gasteiger partial charge in [0, 0.05) is 11.8 Å². The number of hydrogen-bond acceptors (Lipinski definition) is 4. The SMILES string of the molecule is COC(=O)C(=Cc1ccccn1)C(=O)c1ccc(F)cc1. The molecule has 21 heavy (non-hydrogen) atoms. The Hall–Kier alpha value is -2.82. The summed E-state index contributed by atoms with van der Waals surface area (Å²) in [6, 6.07) is 10.0. The molecule has 4 nitrogen and oxygen atoms in total. The fourth-order valence-electron chi connectivity index (χ4n) is 1.69. The molecule has 0 aliphatic carbocycles. The molecule has 2 rings (SSSR count). The van der Waals surface area contributed by atoms with E-state index in [1.807, 2.05) is 0 Å². The van der Waals surface area contributed by atoms with Crippen molar-refractivity contribution in [2.75, 3.05) is 7.11 Å². The summed E-state index contributed by atoms with van der Waals surface area (Å²) in [7, 11) is 1.19. The number of methoxy groups -OCH3 is 1. The summed E-state index contributed by atoms with van der Waals surface area (Å²) < 4.78 is 17.5. The number of carbonyl (C=O) groups excluding carboxylic acids is 2. The maximum atomic E-state index is 12.9. The highest BCUT2D eigenvalue weighted by atomic mass is 19.1. The average molecular weight is 285 g/mol. The van der Waals surface area contributed by atoms with E-state index in [2.05, 4.69) is 9.72 Å². The number of Topliss-reactive ketones (excluding diaryl/α,β-unsaturated/α-hetero) is 1. The maximum absolute atomic E-state index is 12.9. The Morgan fingerprint density at radius 1 is 1.14 bits per heavy atom. The standard InChI is InChI=1S/C16H12FNO3/c1-21-16(20)14(10-13-4-2-3-9-18-13)15(19)11-5-7-12(17)8-6-11/h2-10H,1H3. The third-order valence-corrected chi connectivity index (χ3v) is 2.74. The zero-order valence-electron chi connectivity index (χ0n) is 11.2. The summed E-state index contributed by atoms with van der Waals surface area (Å²) in [4.78, 5) is 28.2. The number of aromatic nitrogens is 1. The van der Waals surface area contributed by atoms with Crippen LogP contribution in [0.25, 0.3) is 6.08 Å². The van der Waals surface area contributed by atoms with Gasteiger partial charge in [-0.3, -0.25) is 9.78 Å². The molecule has 1 heterocycles. The Labute approximate surface area is 120 Å². The number of ether oxygens (including phenoxy) is 1. The molecule has 0 aliphatic heterocycles. The molecule has 106 valence electrons. The van der Waals surface area contributed by atoms with Crippen LogP contribution in [0, 0.1) is 5.82 Å². The van der Waals surface area contributed by atoms with Gasteiger partial charge in [-0.05, 0) is 42.5 Å². The van der Waals surface area contributed by atoms with E-state index in [-0.39, 0.29) is 11.1 Å². The first-order valence-corrected chi connectivity index (χ1v) is 6.13. The highest BCUT2D eigenvalue weighted by molar-refractivity contribution is 6.26. The van der Waals surface area contributed by atoms with Crippen LogP contribution < -0.4 is 0 Å². The molecule has 2 aromatic rings. The van der Waals surface area contributed by atoms with E-state index in [0.717, 1.165) is 12.1 Å². The second-order valence-electron chi connectivity index (χ2n) is 4.14. The number of esters is 1. The van der Waals surface area contributed by atoms with Gasteiger partial charge in [-0.2, -0.15) is 0 Å². The van der Waals surface area contributed by atoms with Crippen LogP contribution in [0.2, 0.25) is 0 Å². The Balaban J connectivity index is 2.41. The Bertz CT molecular complexity index is 678. The first kappa shape index (κ1) is 14.6. The molecule has 0 aliphatic rings. The number of benzene rings is 1. The number of ketones is 1. The van der Waals surface area contributed by atoms with Gasteiger partial charge in [-0.25, -0.2) is 9.18 Å². The van der Waals surface area contributed by atoms with E-state index in [1.165, 1.54) is 25.3 Å². The number of halogens is 1. The number of hydrogen-bond donors (Lipinski definition) is 0. The minimum Gasteiger partial charge on any atom is -0.465 e. The average Bonchev–Trinajstić information content (AvgIpc) is 2.53. The van der Waals surface area contributed by atoms with Gasteiger partial charge < -0.3 is 4.74 Å². The second kappa shape index (κ2) is 6.56. The van der Waals surface area contributed by atoms with Crippen LogP contribution in [-0.4, -0.2) is 23.8 Å². The maximum Gasteiger partial charge on any atom is 0.341 e. The lowest BCUT2D eigenvalue weighted by molar-refractivity contribution is -0.135. The molecule has 5 heteroatoms. The predicted molar refractivity (Wildman–Crippen MR) is 75.0 cm³/mol. The quantitative estimate of drug-likeness (QED) is 0.285. The van der Waals surface area contributed by atoms with Crippen molar-refractivity contribution in [2.45, 2.75) is 0 Å². The molecule has 0 N–H and O–H groups in total. The second-order valence-corrected chi connectivity index (χ2v) is 4.14. The third kappa shape index (κ3) is 3.60. The lowest BCUT2D eigenvalue weighted by Crippen LogP contribution is -2.15. The molecule has 0 amide bonds. The minimum atomic E-state index is -0.769. The van der Waals surface area contributed by atoms with Crippen molar-refractivity contribution in [1.82, 2.24) is 4.98 Å². The summed E-state index contributed by atoms with van der Waals surface area (Å²) in [5.74, 6) is -1.78. The first-order valence-electron chi connectivity index (χ1n) is 6.13. The fourth-order valence-corrected chi connectivity index (χ4v) is 1.69. The Morgan fingerprint density at radius 2 is 1.86 bits per heavy atom. The van der Waals surface area contributed by atoms with Crippen molar-refractivity contribution < 1.29 is 18.7 Å². The largest absolute Gasteiger partial charge is 0.465 e. The predicted octanol–water partition coefficient (Wildman–Crippen LogP) is 2.66. The fraction of sp³-hybridized carbons (Fsp3) is 0.0625. The Kier molecular flexibility index (Phi) is 4.56. The molecule has 0 bridgehead atoms. The van der Waals surface area contributed by atoms with Crippen molar-refractivity contribution in [3.8, 4) is 0 Å². The van der Waals surface area contributed by atoms with Gasteiger partial charge in [0.2, 0.25) is 0 Å². The van der Waals surface area contributed by atoms with Crippen LogP contribution >= 0.6 is 0 Å². The summed E-state index contributed by atoms with van der Waals surface area (Å²) in [5.41, 5.74) is 0.486. The minimum absolute atomic E-state index is 0.164. The van der Waals surface area contributed by atoms with Gasteiger partial charge in [0.15, 0.2) is 5.78 Å². The first-order chi connectivity index (χ1) is 10.1. The van der Waals surface area contributed by atoms with Crippen molar-refractivity contribution in [1.29, 1.82) is 0 Å². The zero-order chi connectivity index (χ0) is 15.2. The van der Waals surface area contributed by atoms with Crippen LogP contribution in [0.5, 0.6) is 0 Å². The van der Waals surface area contributed by atoms with E-state index in [4.69, 9.17) is 0 Å². The molecule has 0 fully saturated rings. The van der Waals surface area contributed by atoms with Crippen LogP contribution in [0.1, 0.15) is 16.1 Å². The van der Waals surface area contributed by atoms with Crippen molar-refractivity contribution in [3.63, 3.8) is 0 Å². The smallest absolute Gasteiger partial charge is 0.341 e. The molecule has 1 aromatic carbocycles. The third-order valence-electron chi connectivity index (χ3n) is 2.74. The van der Waals surface area contributed by atoms with Crippen LogP contribution in [0.15, 0.2) is 54.2 Å². The molecule has 0 radical (unpaired) electrons. The molecule has 0 atom stereocenters. The lowest BCUT2D eigenvalue weighted by atomic mass is 10.0. The highest BCUT2D eigenvalue weighted by Crippen LogP contribution is 2.14. The van der Waals surface area contributed by atoms with E-state index in [1.54, 1.807) is 24.4 Å². The van der Waals surface area contributed by atoms with Crippen LogP contribution in [-0.2, 0) is 9.53 Å². The van der Waals surface area contributed by atoms with E-state index in [0.29, 0.717) is 5.69 Å². The van der Waals surface area contributed by atoms with Crippen LogP contribution in [0.4, 0.5) is 4.39 Å². The van der Waals surface area contributed by atoms with Crippen LogP contribution in [0.3, 0.4) is 0 Å². The number of pyridine rings is 1. The monoisotopic (exact) mass is 285 g/mol. The summed E-state index contributed by atoms with van der Waals surface area (Å²) >= 11 is 0. The Morgan fingerprint density at radius 3 is 2.43 bits per heavy atom. The number of rotatable bonds is 4. The molecule has 1 aromatic heterocycles. The van der Waals surface area contributed by atoms with E-state index in [9.17, 15) is 14.0 Å². The van der Waals surface area contributed by atoms with Gasteiger partial charge in [0.05, 0.1) is 12.8 Å². The highest BCUT2D eigenvalue weighted by Gasteiger charge is 2.20. The van der Waals surface area contributed by atoms with Gasteiger partial charge >= 0.3 is 5.97 Å². The number of nitrogens with zero attached hydrogens (tertiary/aromatic N) is 1. The van der Waals surface area contributed by atoms with Gasteiger partial charge in [0.25, 0.3) is 0 Å². The van der Waals surface area contributed by atoms with Gasteiger partial charge in [-0.15, -0.1) is 0 Å². The molecule has 0 saturated carbocycles. The molecule has 0 saturated heterocycles. The summed E-state index contributed by atoms with van der Waals surface area (Å²) in [6.45, 7) is 0. The van der Waals surface area contributed by atoms with Gasteiger partial charge in [-0.1, -0.05) is 6.07 Å². The topological polar surface area (TPSA) is 56.3 Å². The van der Waals surface area contributed by atoms with E-state index >= 15 is 0 Å². The van der Waals surface area contributed by atoms with Gasteiger partial charge in [0.1, 0.15) is 11.4 Å². The summed E-state index contributed by atoms with van der Waals surface area (Å²) in [6.07, 6.45) is 2.89. The summed E-state index contributed by atoms with van der Waals surface area (Å²) in [5, 5.41) is 0. The zero-order valence-corrected chi connectivity index (χ0v) is 11.2. The van der Waals surface area contributed by atoms with Crippen molar-refractivity contribution in [3.05, 3.63) is 71.3 Å². The molecule has 0 spiro atoms. The lowest BCUT2D eigenvalue weighted by Gasteiger charge is -2.05. The van der Waals surface area contributed by atoms with Crippen molar-refractivity contribution >= 4 is 17.8 Å². The molecular formula is C16H12FNO3.